The van der Waals surface area contributed by atoms with Gasteiger partial charge >= 0.3 is 0 Å². The Kier molecular flexibility index (Phi) is 12.0. The molecule has 0 aromatic heterocycles. The summed E-state index contributed by atoms with van der Waals surface area (Å²) in [4.78, 5) is 0. The van der Waals surface area contributed by atoms with Gasteiger partial charge in [0.05, 0.1) is 0 Å². The molecule has 0 saturated carbocycles. The molecule has 1 saturated heterocycles. The number of thioether (sulfide) groups is 4. The van der Waals surface area contributed by atoms with Crippen molar-refractivity contribution in [1.29, 1.82) is 0 Å². The van der Waals surface area contributed by atoms with E-state index >= 15 is 0 Å². The van der Waals surface area contributed by atoms with E-state index in [1.54, 1.807) is 0 Å². The van der Waals surface area contributed by atoms with Crippen LogP contribution >= 0.6 is 47.0 Å². The lowest BCUT2D eigenvalue weighted by atomic mass is 10.5. The van der Waals surface area contributed by atoms with Crippen LogP contribution in [0.4, 0.5) is 0 Å². The van der Waals surface area contributed by atoms with Gasteiger partial charge in [0.25, 0.3) is 0 Å². The molecule has 1 atom stereocenters. The molecule has 1 aliphatic heterocycles. The molecule has 5 heteroatoms. The molecule has 0 radical (unpaired) electrons. The second kappa shape index (κ2) is 12.4. The summed E-state index contributed by atoms with van der Waals surface area (Å²) in [6.45, 7) is 1.17. The van der Waals surface area contributed by atoms with E-state index in [-0.39, 0.29) is 0 Å². The summed E-state index contributed by atoms with van der Waals surface area (Å²) in [5, 5.41) is 4.14. The van der Waals surface area contributed by atoms with Crippen LogP contribution < -0.4 is 5.32 Å². The van der Waals surface area contributed by atoms with Crippen molar-refractivity contribution in [1.82, 2.24) is 5.32 Å². The van der Waals surface area contributed by atoms with Gasteiger partial charge in [0.2, 0.25) is 0 Å². The maximum Gasteiger partial charge on any atom is 0.0262 e. The zero-order valence-electron chi connectivity index (χ0n) is 10.8. The summed E-state index contributed by atoms with van der Waals surface area (Å²) in [6.07, 6.45) is 2.77. The van der Waals surface area contributed by atoms with Crippen LogP contribution in [0.3, 0.4) is 0 Å². The fraction of sp³-hybridized carbons (Fsp3) is 1.00. The molecule has 1 N–H and O–H groups in total. The Morgan fingerprint density at radius 3 is 2.24 bits per heavy atom. The minimum atomic E-state index is 0.811. The van der Waals surface area contributed by atoms with Gasteiger partial charge in [-0.05, 0) is 42.9 Å². The summed E-state index contributed by atoms with van der Waals surface area (Å²) in [6, 6.07) is 0. The molecule has 0 amide bonds. The molecule has 0 aromatic carbocycles. The number of hydrogen-bond acceptors (Lipinski definition) is 5. The highest BCUT2D eigenvalue weighted by Gasteiger charge is 2.08. The molecule has 102 valence electrons. The van der Waals surface area contributed by atoms with E-state index in [0.29, 0.717) is 0 Å². The fourth-order valence-corrected chi connectivity index (χ4v) is 6.52. The van der Waals surface area contributed by atoms with Gasteiger partial charge in [-0.1, -0.05) is 0 Å². The third-order valence-electron chi connectivity index (χ3n) is 2.47. The van der Waals surface area contributed by atoms with Crippen molar-refractivity contribution in [3.63, 3.8) is 0 Å². The van der Waals surface area contributed by atoms with Gasteiger partial charge in [0, 0.05) is 29.1 Å². The Labute approximate surface area is 124 Å². The molecule has 1 heterocycles. The van der Waals surface area contributed by atoms with Crippen LogP contribution in [0.25, 0.3) is 0 Å². The fourth-order valence-electron chi connectivity index (χ4n) is 1.60. The Bertz CT molecular complexity index is 155. The van der Waals surface area contributed by atoms with Crippen molar-refractivity contribution in [2.24, 2.45) is 0 Å². The van der Waals surface area contributed by atoms with Crippen molar-refractivity contribution >= 4 is 47.0 Å². The number of hydrogen-bond donors (Lipinski definition) is 1. The SMILES string of the molecule is CNCC1CSCCCSCCSCCCS1. The van der Waals surface area contributed by atoms with Crippen LogP contribution in [-0.2, 0) is 0 Å². The average molecular weight is 312 g/mol. The molecule has 1 rings (SSSR count). The molecule has 17 heavy (non-hydrogen) atoms. The van der Waals surface area contributed by atoms with Crippen molar-refractivity contribution in [2.75, 3.05) is 53.9 Å². The minimum absolute atomic E-state index is 0.811. The van der Waals surface area contributed by atoms with Gasteiger partial charge in [-0.15, -0.1) is 0 Å². The van der Waals surface area contributed by atoms with Crippen LogP contribution in [0, 0.1) is 0 Å². The smallest absolute Gasteiger partial charge is 0.0262 e. The maximum atomic E-state index is 3.33. The van der Waals surface area contributed by atoms with E-state index in [1.165, 1.54) is 59.7 Å². The van der Waals surface area contributed by atoms with Crippen LogP contribution in [0.15, 0.2) is 0 Å². The lowest BCUT2D eigenvalue weighted by Gasteiger charge is -2.16. The predicted octanol–water partition coefficient (Wildman–Crippen LogP) is 3.30. The normalized spacial score (nSPS) is 26.3. The van der Waals surface area contributed by atoms with Crippen LogP contribution in [-0.4, -0.2) is 59.1 Å². The van der Waals surface area contributed by atoms with Gasteiger partial charge in [0.1, 0.15) is 0 Å². The van der Waals surface area contributed by atoms with E-state index in [9.17, 15) is 0 Å². The molecular formula is C12H25NS4. The van der Waals surface area contributed by atoms with Gasteiger partial charge in [-0.2, -0.15) is 47.0 Å². The highest BCUT2D eigenvalue weighted by molar-refractivity contribution is 8.04. The molecule has 1 aliphatic rings. The van der Waals surface area contributed by atoms with Gasteiger partial charge in [-0.3, -0.25) is 0 Å². The van der Waals surface area contributed by atoms with E-state index in [1.807, 2.05) is 0 Å². The van der Waals surface area contributed by atoms with Crippen LogP contribution in [0.1, 0.15) is 12.8 Å². The van der Waals surface area contributed by atoms with Gasteiger partial charge in [0.15, 0.2) is 0 Å². The van der Waals surface area contributed by atoms with E-state index in [4.69, 9.17) is 0 Å². The van der Waals surface area contributed by atoms with Crippen molar-refractivity contribution in [3.05, 3.63) is 0 Å². The highest BCUT2D eigenvalue weighted by atomic mass is 32.2. The molecule has 1 fully saturated rings. The first-order valence-corrected chi connectivity index (χ1v) is 10.9. The first-order chi connectivity index (χ1) is 8.43. The third kappa shape index (κ3) is 9.88. The third-order valence-corrected chi connectivity index (χ3v) is 7.63. The molecule has 0 aliphatic carbocycles. The monoisotopic (exact) mass is 311 g/mol. The Morgan fingerprint density at radius 1 is 0.882 bits per heavy atom. The summed E-state index contributed by atoms with van der Waals surface area (Å²) in [7, 11) is 2.07. The van der Waals surface area contributed by atoms with Gasteiger partial charge < -0.3 is 5.32 Å². The van der Waals surface area contributed by atoms with Crippen LogP contribution in [0.2, 0.25) is 0 Å². The van der Waals surface area contributed by atoms with Crippen molar-refractivity contribution in [3.8, 4) is 0 Å². The molecule has 1 unspecified atom stereocenters. The Balaban J connectivity index is 2.19. The maximum absolute atomic E-state index is 3.33. The average Bonchev–Trinajstić information content (AvgIpc) is 2.34. The lowest BCUT2D eigenvalue weighted by Crippen LogP contribution is -2.23. The second-order valence-corrected chi connectivity index (χ2v) is 9.06. The minimum Gasteiger partial charge on any atom is -0.319 e. The Morgan fingerprint density at radius 2 is 1.53 bits per heavy atom. The first-order valence-electron chi connectivity index (χ1n) is 6.43. The summed E-state index contributed by atoms with van der Waals surface area (Å²) in [5.41, 5.74) is 0. The predicted molar refractivity (Wildman–Crippen MR) is 91.4 cm³/mol. The lowest BCUT2D eigenvalue weighted by molar-refractivity contribution is 0.789. The van der Waals surface area contributed by atoms with Crippen LogP contribution in [0.5, 0.6) is 0 Å². The molecule has 0 spiro atoms. The summed E-state index contributed by atoms with van der Waals surface area (Å²) < 4.78 is 0. The van der Waals surface area contributed by atoms with Crippen molar-refractivity contribution < 1.29 is 0 Å². The molecule has 0 bridgehead atoms. The summed E-state index contributed by atoms with van der Waals surface area (Å²) in [5.74, 6) is 9.43. The van der Waals surface area contributed by atoms with E-state index < -0.39 is 0 Å². The second-order valence-electron chi connectivity index (χ2n) is 4.06. The molecule has 1 nitrogen and oxygen atoms in total. The molecule has 0 aromatic rings. The standard InChI is InChI=1S/C12H25NS4/c1-13-10-12-11-16-6-2-4-14-8-9-15-5-3-7-17-12/h12-13H,2-11H2,1H3. The van der Waals surface area contributed by atoms with E-state index in [0.717, 1.165) is 5.25 Å². The zero-order valence-corrected chi connectivity index (χ0v) is 14.0. The van der Waals surface area contributed by atoms with Gasteiger partial charge in [-0.25, -0.2) is 0 Å². The molecular weight excluding hydrogens is 286 g/mol. The number of nitrogens with one attached hydrogen (secondary N) is 1. The quantitative estimate of drug-likeness (QED) is 0.837. The summed E-state index contributed by atoms with van der Waals surface area (Å²) >= 11 is 8.60. The van der Waals surface area contributed by atoms with Crippen molar-refractivity contribution in [2.45, 2.75) is 18.1 Å². The van der Waals surface area contributed by atoms with E-state index in [2.05, 4.69) is 59.4 Å². The highest BCUT2D eigenvalue weighted by Crippen LogP contribution is 2.20. The topological polar surface area (TPSA) is 12.0 Å². The zero-order chi connectivity index (χ0) is 12.2. The number of rotatable bonds is 2. The largest absolute Gasteiger partial charge is 0.319 e. The first kappa shape index (κ1) is 16.4. The Hall–Kier alpha value is 1.36.